The summed E-state index contributed by atoms with van der Waals surface area (Å²) >= 11 is 0. The van der Waals surface area contributed by atoms with E-state index in [1.54, 1.807) is 78.7 Å². The molecule has 0 radical (unpaired) electrons. The lowest BCUT2D eigenvalue weighted by Crippen LogP contribution is -2.57. The molecule has 2 aliphatic heterocycles. The van der Waals surface area contributed by atoms with E-state index in [0.717, 1.165) is 19.3 Å². The first-order chi connectivity index (χ1) is 26.7. The van der Waals surface area contributed by atoms with Gasteiger partial charge in [-0.3, -0.25) is 9.59 Å². The van der Waals surface area contributed by atoms with E-state index < -0.39 is 37.7 Å². The average Bonchev–Trinajstić information content (AvgIpc) is 3.71. The summed E-state index contributed by atoms with van der Waals surface area (Å²) in [4.78, 5) is 56.0. The van der Waals surface area contributed by atoms with Crippen molar-refractivity contribution >= 4 is 31.3 Å². The summed E-state index contributed by atoms with van der Waals surface area (Å²) in [5.41, 5.74) is 0.724. The van der Waals surface area contributed by atoms with E-state index in [4.69, 9.17) is 23.5 Å². The van der Waals surface area contributed by atoms with Gasteiger partial charge in [0.05, 0.1) is 12.7 Å². The zero-order valence-electron chi connectivity index (χ0n) is 31.1. The van der Waals surface area contributed by atoms with Gasteiger partial charge in [-0.15, -0.1) is 0 Å². The van der Waals surface area contributed by atoms with Gasteiger partial charge in [-0.1, -0.05) is 80.1 Å². The highest BCUT2D eigenvalue weighted by atomic mass is 31.2. The molecule has 15 heteroatoms. The topological polar surface area (TPSA) is 153 Å². The van der Waals surface area contributed by atoms with Crippen LogP contribution in [0.15, 0.2) is 97.1 Å². The van der Waals surface area contributed by atoms with Gasteiger partial charge in [0.15, 0.2) is 5.82 Å². The van der Waals surface area contributed by atoms with Gasteiger partial charge in [0.25, 0.3) is 5.91 Å². The number of carbonyl (C=O) groups is 3. The summed E-state index contributed by atoms with van der Waals surface area (Å²) in [5, 5.41) is 2.84. The fourth-order valence-electron chi connectivity index (χ4n) is 6.30. The molecule has 290 valence electrons. The lowest BCUT2D eigenvalue weighted by atomic mass is 10.2. The molecule has 0 spiro atoms. The van der Waals surface area contributed by atoms with Crippen molar-refractivity contribution in [3.05, 3.63) is 103 Å². The molecule has 0 aliphatic carbocycles. The van der Waals surface area contributed by atoms with E-state index in [1.165, 1.54) is 4.90 Å². The number of rotatable bonds is 15. The summed E-state index contributed by atoms with van der Waals surface area (Å²) in [6, 6.07) is 26.5. The van der Waals surface area contributed by atoms with Gasteiger partial charge < -0.3 is 38.5 Å². The Labute approximate surface area is 321 Å². The van der Waals surface area contributed by atoms with Crippen LogP contribution in [0.1, 0.15) is 36.7 Å². The van der Waals surface area contributed by atoms with Crippen LogP contribution < -0.4 is 19.3 Å². The number of ether oxygens (including phenoxy) is 2. The number of benzene rings is 3. The molecule has 2 saturated heterocycles. The Balaban J connectivity index is 1.31. The molecular weight excluding hydrogens is 723 g/mol. The van der Waals surface area contributed by atoms with Crippen molar-refractivity contribution in [1.82, 2.24) is 25.1 Å². The van der Waals surface area contributed by atoms with Gasteiger partial charge in [-0.25, -0.2) is 19.3 Å². The number of carbonyl (C=O) groups excluding carboxylic acids is 3. The second kappa shape index (κ2) is 18.7. The Morgan fingerprint density at radius 2 is 1.44 bits per heavy atom. The van der Waals surface area contributed by atoms with Crippen molar-refractivity contribution in [3.8, 4) is 22.9 Å². The van der Waals surface area contributed by atoms with E-state index in [2.05, 4.69) is 10.3 Å². The molecule has 2 fully saturated rings. The van der Waals surface area contributed by atoms with Crippen LogP contribution in [0.2, 0.25) is 0 Å². The normalized spacial score (nSPS) is 16.3. The van der Waals surface area contributed by atoms with Crippen molar-refractivity contribution in [2.24, 2.45) is 0 Å². The molecule has 2 aliphatic rings. The first kappa shape index (κ1) is 39.2. The van der Waals surface area contributed by atoms with Gasteiger partial charge in [0, 0.05) is 58.0 Å². The van der Waals surface area contributed by atoms with Gasteiger partial charge in [0.1, 0.15) is 35.2 Å². The number of hydrogen-bond acceptors (Lipinski definition) is 11. The van der Waals surface area contributed by atoms with Crippen LogP contribution >= 0.6 is 7.60 Å². The van der Waals surface area contributed by atoms with Crippen LogP contribution in [0.25, 0.3) is 11.4 Å². The Kier molecular flexibility index (Phi) is 13.4. The third-order valence-electron chi connectivity index (χ3n) is 9.34. The summed E-state index contributed by atoms with van der Waals surface area (Å²) in [5.74, 6) is 0.213. The molecule has 2 atom stereocenters. The standard InChI is InChI=1S/C40H47N6O8P/c1-3-4-26-52-40(49)45-24-22-44(23-25-45)39(48)35(29-55(50,53-31-16-10-6-11-17-31)54-32-18-12-7-13-19-32)42-38(47)34-27-36(46-21-20-33(28-46)51-2)43-37(41-34)30-14-8-5-9-15-30/h5-19,27,33,35H,3-4,20-26,28-29H2,1-2H3,(H,42,47)/t33-,35-/m0/s1. The van der Waals surface area contributed by atoms with E-state index in [1.807, 2.05) is 42.2 Å². The number of nitrogens with zero attached hydrogens (tertiary/aromatic N) is 5. The number of amides is 3. The maximum absolute atomic E-state index is 14.8. The molecule has 0 bridgehead atoms. The summed E-state index contributed by atoms with van der Waals surface area (Å²) < 4.78 is 37.8. The fraction of sp³-hybridized carbons (Fsp3) is 0.375. The van der Waals surface area contributed by atoms with Crippen molar-refractivity contribution in [2.75, 3.05) is 64.0 Å². The van der Waals surface area contributed by atoms with Gasteiger partial charge >= 0.3 is 13.7 Å². The minimum Gasteiger partial charge on any atom is -0.449 e. The predicted molar refractivity (Wildman–Crippen MR) is 207 cm³/mol. The van der Waals surface area contributed by atoms with E-state index in [-0.39, 0.29) is 49.5 Å². The van der Waals surface area contributed by atoms with Crippen molar-refractivity contribution in [2.45, 2.75) is 38.3 Å². The fourth-order valence-corrected chi connectivity index (χ4v) is 8.07. The van der Waals surface area contributed by atoms with Gasteiger partial charge in [-0.05, 0) is 37.1 Å². The SMILES string of the molecule is CCCCOC(=O)N1CCN(C(=O)[C@H](CP(=O)(Oc2ccccc2)Oc2ccccc2)NC(=O)c2cc(N3CC[C@H](OC)C3)nc(-c3ccccc3)n2)CC1. The molecule has 3 aromatic carbocycles. The summed E-state index contributed by atoms with van der Waals surface area (Å²) in [7, 11) is -2.54. The highest BCUT2D eigenvalue weighted by Gasteiger charge is 2.40. The first-order valence-electron chi connectivity index (χ1n) is 18.6. The first-order valence-corrected chi connectivity index (χ1v) is 20.3. The molecule has 1 N–H and O–H groups in total. The van der Waals surface area contributed by atoms with Crippen LogP contribution in [-0.4, -0.2) is 109 Å². The second-order valence-electron chi connectivity index (χ2n) is 13.3. The van der Waals surface area contributed by atoms with Crippen LogP contribution in [0.4, 0.5) is 10.6 Å². The smallest absolute Gasteiger partial charge is 0.433 e. The quantitative estimate of drug-likeness (QED) is 0.114. The van der Waals surface area contributed by atoms with Crippen LogP contribution in [0, 0.1) is 0 Å². The molecular formula is C40H47N6O8P. The molecule has 6 rings (SSSR count). The van der Waals surface area contributed by atoms with Crippen LogP contribution in [0.5, 0.6) is 11.5 Å². The Hall–Kier alpha value is -5.46. The van der Waals surface area contributed by atoms with Crippen molar-refractivity contribution < 1.29 is 37.5 Å². The van der Waals surface area contributed by atoms with Crippen molar-refractivity contribution in [1.29, 1.82) is 0 Å². The largest absolute Gasteiger partial charge is 0.449 e. The Morgan fingerprint density at radius 1 is 0.836 bits per heavy atom. The van der Waals surface area contributed by atoms with Crippen LogP contribution in [0.3, 0.4) is 0 Å². The average molecular weight is 771 g/mol. The van der Waals surface area contributed by atoms with E-state index >= 15 is 0 Å². The monoisotopic (exact) mass is 770 g/mol. The molecule has 3 heterocycles. The van der Waals surface area contributed by atoms with E-state index in [9.17, 15) is 18.9 Å². The zero-order valence-corrected chi connectivity index (χ0v) is 32.0. The Bertz CT molecular complexity index is 1890. The molecule has 4 aromatic rings. The third-order valence-corrected chi connectivity index (χ3v) is 11.1. The lowest BCUT2D eigenvalue weighted by Gasteiger charge is -2.36. The molecule has 0 unspecified atom stereocenters. The minimum absolute atomic E-state index is 0.0106. The number of unbranched alkanes of at least 4 members (excludes halogenated alkanes) is 1. The number of nitrogens with one attached hydrogen (secondary N) is 1. The minimum atomic E-state index is -4.21. The molecule has 1 aromatic heterocycles. The van der Waals surface area contributed by atoms with Gasteiger partial charge in [-0.2, -0.15) is 0 Å². The molecule has 3 amide bonds. The highest BCUT2D eigenvalue weighted by Crippen LogP contribution is 2.49. The number of para-hydroxylation sites is 2. The maximum atomic E-state index is 14.8. The van der Waals surface area contributed by atoms with Gasteiger partial charge in [0.2, 0.25) is 5.91 Å². The number of anilines is 1. The number of aromatic nitrogens is 2. The third kappa shape index (κ3) is 10.6. The predicted octanol–water partition coefficient (Wildman–Crippen LogP) is 5.90. The lowest BCUT2D eigenvalue weighted by molar-refractivity contribution is -0.134. The number of hydrogen-bond donors (Lipinski definition) is 1. The zero-order chi connectivity index (χ0) is 38.6. The number of piperazine rings is 1. The molecule has 14 nitrogen and oxygen atoms in total. The van der Waals surface area contributed by atoms with Crippen LogP contribution in [-0.2, 0) is 18.8 Å². The second-order valence-corrected chi connectivity index (χ2v) is 15.3. The molecule has 0 saturated carbocycles. The summed E-state index contributed by atoms with van der Waals surface area (Å²) in [6.45, 7) is 4.38. The number of methoxy groups -OCH3 is 1. The highest BCUT2D eigenvalue weighted by molar-refractivity contribution is 7.54. The molecule has 55 heavy (non-hydrogen) atoms. The Morgan fingerprint density at radius 3 is 2.02 bits per heavy atom. The maximum Gasteiger partial charge on any atom is 0.433 e. The van der Waals surface area contributed by atoms with E-state index in [0.29, 0.717) is 36.9 Å². The summed E-state index contributed by atoms with van der Waals surface area (Å²) in [6.07, 6.45) is 1.51. The van der Waals surface area contributed by atoms with Crippen molar-refractivity contribution in [3.63, 3.8) is 0 Å².